The minimum absolute atomic E-state index is 0.0742. The lowest BCUT2D eigenvalue weighted by Gasteiger charge is -2.11. The van der Waals surface area contributed by atoms with Gasteiger partial charge in [0.15, 0.2) is 0 Å². The molecule has 70 valence electrons. The number of aryl methyl sites for hydroxylation is 1. The van der Waals surface area contributed by atoms with E-state index >= 15 is 0 Å². The number of carboxylic acids is 1. The number of aliphatic carboxylic acids is 1. The van der Waals surface area contributed by atoms with Gasteiger partial charge in [-0.2, -0.15) is 0 Å². The van der Waals surface area contributed by atoms with Gasteiger partial charge in [-0.3, -0.25) is 4.79 Å². The molecule has 0 spiro atoms. The zero-order valence-electron chi connectivity index (χ0n) is 7.19. The van der Waals surface area contributed by atoms with E-state index in [0.717, 1.165) is 0 Å². The van der Waals surface area contributed by atoms with Gasteiger partial charge >= 0.3 is 5.97 Å². The number of carboxylic acid groups (broad SMARTS) is 1. The minimum atomic E-state index is -1.17. The van der Waals surface area contributed by atoms with E-state index in [0.29, 0.717) is 5.56 Å². The van der Waals surface area contributed by atoms with Crippen LogP contribution in [0.1, 0.15) is 17.2 Å². The van der Waals surface area contributed by atoms with Crippen molar-refractivity contribution >= 4 is 5.97 Å². The van der Waals surface area contributed by atoms with Crippen LogP contribution in [0, 0.1) is 6.92 Å². The lowest BCUT2D eigenvalue weighted by molar-refractivity contribution is -0.138. The quantitative estimate of drug-likeness (QED) is 0.629. The van der Waals surface area contributed by atoms with Crippen molar-refractivity contribution in [1.82, 2.24) is 0 Å². The van der Waals surface area contributed by atoms with E-state index in [-0.39, 0.29) is 11.3 Å². The van der Waals surface area contributed by atoms with Crippen LogP contribution in [0.5, 0.6) is 5.75 Å². The SMILES string of the molecule is Cc1cccc(O)c1[C@H](N)C(=O)O. The second-order valence-corrected chi connectivity index (χ2v) is 2.82. The highest BCUT2D eigenvalue weighted by Gasteiger charge is 2.19. The number of hydrogen-bond donors (Lipinski definition) is 3. The van der Waals surface area contributed by atoms with E-state index in [1.54, 1.807) is 19.1 Å². The van der Waals surface area contributed by atoms with Gasteiger partial charge in [-0.25, -0.2) is 0 Å². The van der Waals surface area contributed by atoms with Crippen molar-refractivity contribution in [2.24, 2.45) is 5.73 Å². The van der Waals surface area contributed by atoms with Crippen molar-refractivity contribution in [3.63, 3.8) is 0 Å². The number of phenolic OH excluding ortho intramolecular Hbond substituents is 1. The molecule has 0 bridgehead atoms. The summed E-state index contributed by atoms with van der Waals surface area (Å²) in [5.74, 6) is -1.22. The topological polar surface area (TPSA) is 83.5 Å². The summed E-state index contributed by atoms with van der Waals surface area (Å²) in [6.07, 6.45) is 0. The Labute approximate surface area is 75.6 Å². The molecular formula is C9H11NO3. The normalized spacial score (nSPS) is 12.5. The molecule has 0 aliphatic heterocycles. The molecule has 4 nitrogen and oxygen atoms in total. The molecule has 0 unspecified atom stereocenters. The Morgan fingerprint density at radius 2 is 2.15 bits per heavy atom. The van der Waals surface area contributed by atoms with Crippen LogP contribution in [0.3, 0.4) is 0 Å². The first-order valence-corrected chi connectivity index (χ1v) is 3.81. The molecule has 0 amide bonds. The average Bonchev–Trinajstić information content (AvgIpc) is 2.03. The summed E-state index contributed by atoms with van der Waals surface area (Å²) in [7, 11) is 0. The van der Waals surface area contributed by atoms with Crippen molar-refractivity contribution in [2.45, 2.75) is 13.0 Å². The number of phenols is 1. The van der Waals surface area contributed by atoms with E-state index in [9.17, 15) is 9.90 Å². The van der Waals surface area contributed by atoms with Crippen LogP contribution in [0.4, 0.5) is 0 Å². The first kappa shape index (κ1) is 9.54. The number of hydrogen-bond acceptors (Lipinski definition) is 3. The maximum atomic E-state index is 10.6. The van der Waals surface area contributed by atoms with Gasteiger partial charge in [0.25, 0.3) is 0 Å². The monoisotopic (exact) mass is 181 g/mol. The van der Waals surface area contributed by atoms with Gasteiger partial charge in [-0.1, -0.05) is 12.1 Å². The standard InChI is InChI=1S/C9H11NO3/c1-5-3-2-4-6(11)7(5)8(10)9(12)13/h2-4,8,11H,10H2,1H3,(H,12,13)/t8-/m0/s1. The van der Waals surface area contributed by atoms with Crippen LogP contribution in [0.15, 0.2) is 18.2 Å². The molecule has 13 heavy (non-hydrogen) atoms. The Morgan fingerprint density at radius 3 is 2.62 bits per heavy atom. The molecule has 0 aromatic heterocycles. The van der Waals surface area contributed by atoms with Crippen molar-refractivity contribution < 1.29 is 15.0 Å². The lowest BCUT2D eigenvalue weighted by atomic mass is 10.0. The Kier molecular flexibility index (Phi) is 2.53. The molecule has 0 saturated heterocycles. The first-order chi connectivity index (χ1) is 6.04. The van der Waals surface area contributed by atoms with E-state index < -0.39 is 12.0 Å². The second-order valence-electron chi connectivity index (χ2n) is 2.82. The molecule has 0 aliphatic carbocycles. The van der Waals surface area contributed by atoms with Crippen LogP contribution in [0.2, 0.25) is 0 Å². The lowest BCUT2D eigenvalue weighted by Crippen LogP contribution is -2.21. The summed E-state index contributed by atoms with van der Waals surface area (Å²) < 4.78 is 0. The van der Waals surface area contributed by atoms with Crippen LogP contribution in [-0.4, -0.2) is 16.2 Å². The van der Waals surface area contributed by atoms with E-state index in [2.05, 4.69) is 0 Å². The predicted octanol–water partition coefficient (Wildman–Crippen LogP) is 0.785. The summed E-state index contributed by atoms with van der Waals surface area (Å²) in [5.41, 5.74) is 6.33. The molecule has 0 aliphatic rings. The fourth-order valence-electron chi connectivity index (χ4n) is 1.19. The molecule has 1 rings (SSSR count). The second kappa shape index (κ2) is 3.45. The van der Waals surface area contributed by atoms with Gasteiger partial charge < -0.3 is 15.9 Å². The van der Waals surface area contributed by atoms with Crippen LogP contribution >= 0.6 is 0 Å². The molecule has 0 heterocycles. The van der Waals surface area contributed by atoms with Gasteiger partial charge in [0.2, 0.25) is 0 Å². The van der Waals surface area contributed by atoms with Crippen LogP contribution in [0.25, 0.3) is 0 Å². The third-order valence-corrected chi connectivity index (χ3v) is 1.88. The summed E-state index contributed by atoms with van der Waals surface area (Å²) in [5, 5.41) is 18.0. The maximum Gasteiger partial charge on any atom is 0.325 e. The molecular weight excluding hydrogens is 170 g/mol. The van der Waals surface area contributed by atoms with Gasteiger partial charge in [-0.15, -0.1) is 0 Å². The molecule has 1 aromatic carbocycles. The number of benzene rings is 1. The Bertz CT molecular complexity index is 315. The average molecular weight is 181 g/mol. The maximum absolute atomic E-state index is 10.6. The molecule has 4 N–H and O–H groups in total. The molecule has 0 radical (unpaired) electrons. The fraction of sp³-hybridized carbons (Fsp3) is 0.222. The third-order valence-electron chi connectivity index (χ3n) is 1.88. The largest absolute Gasteiger partial charge is 0.508 e. The number of carbonyl (C=O) groups is 1. The summed E-state index contributed by atoms with van der Waals surface area (Å²) in [4.78, 5) is 10.6. The highest BCUT2D eigenvalue weighted by molar-refractivity contribution is 5.77. The minimum Gasteiger partial charge on any atom is -0.508 e. The van der Waals surface area contributed by atoms with Crippen LogP contribution in [-0.2, 0) is 4.79 Å². The van der Waals surface area contributed by atoms with Gasteiger partial charge in [0, 0.05) is 5.56 Å². The van der Waals surface area contributed by atoms with Gasteiger partial charge in [0.05, 0.1) is 0 Å². The zero-order chi connectivity index (χ0) is 10.0. The molecule has 1 atom stereocenters. The zero-order valence-corrected chi connectivity index (χ0v) is 7.19. The first-order valence-electron chi connectivity index (χ1n) is 3.81. The van der Waals surface area contributed by atoms with Gasteiger partial charge in [-0.05, 0) is 18.6 Å². The van der Waals surface area contributed by atoms with E-state index in [4.69, 9.17) is 10.8 Å². The van der Waals surface area contributed by atoms with E-state index in [1.807, 2.05) is 0 Å². The number of nitrogens with two attached hydrogens (primary N) is 1. The van der Waals surface area contributed by atoms with Crippen LogP contribution < -0.4 is 5.73 Å². The Hall–Kier alpha value is -1.55. The van der Waals surface area contributed by atoms with Crippen molar-refractivity contribution in [3.05, 3.63) is 29.3 Å². The summed E-state index contributed by atoms with van der Waals surface area (Å²) in [6, 6.07) is 3.60. The highest BCUT2D eigenvalue weighted by atomic mass is 16.4. The third kappa shape index (κ3) is 1.78. The van der Waals surface area contributed by atoms with E-state index in [1.165, 1.54) is 6.07 Å². The van der Waals surface area contributed by atoms with Gasteiger partial charge in [0.1, 0.15) is 11.8 Å². The number of rotatable bonds is 2. The fourth-order valence-corrected chi connectivity index (χ4v) is 1.19. The van der Waals surface area contributed by atoms with Crippen molar-refractivity contribution in [1.29, 1.82) is 0 Å². The smallest absolute Gasteiger partial charge is 0.325 e. The molecule has 0 fully saturated rings. The predicted molar refractivity (Wildman–Crippen MR) is 47.4 cm³/mol. The highest BCUT2D eigenvalue weighted by Crippen LogP contribution is 2.25. The Balaban J connectivity index is 3.20. The molecule has 1 aromatic rings. The van der Waals surface area contributed by atoms with Crippen molar-refractivity contribution in [3.8, 4) is 5.75 Å². The molecule has 4 heteroatoms. The molecule has 0 saturated carbocycles. The summed E-state index contributed by atoms with van der Waals surface area (Å²) in [6.45, 7) is 1.71. The number of aromatic hydroxyl groups is 1. The Morgan fingerprint density at radius 1 is 1.54 bits per heavy atom. The summed E-state index contributed by atoms with van der Waals surface area (Å²) >= 11 is 0. The van der Waals surface area contributed by atoms with Crippen molar-refractivity contribution in [2.75, 3.05) is 0 Å².